The largest absolute Gasteiger partial charge is 0.497 e. The minimum atomic E-state index is -3.99. The quantitative estimate of drug-likeness (QED) is 0.369. The Balaban J connectivity index is 1.65. The summed E-state index contributed by atoms with van der Waals surface area (Å²) in [5.41, 5.74) is 1.20. The standard InChI is InChI=1S/C23H18Cl2N4O4S/c1-33-16-5-7-17(8-6-16)34(31,32)29-22-20(25)11-19(24)18-10-14(12-27-21(18)22)23(30)28-13-15-4-2-3-9-26-15/h2-12,29H,13H2,1H3,(H,28,30). The van der Waals surface area contributed by atoms with Crippen molar-refractivity contribution in [2.75, 3.05) is 11.8 Å². The molecule has 2 aromatic carbocycles. The molecule has 11 heteroatoms. The maximum Gasteiger partial charge on any atom is 0.262 e. The van der Waals surface area contributed by atoms with Gasteiger partial charge in [0.05, 0.1) is 51.1 Å². The van der Waals surface area contributed by atoms with E-state index in [2.05, 4.69) is 20.0 Å². The van der Waals surface area contributed by atoms with E-state index >= 15 is 0 Å². The summed E-state index contributed by atoms with van der Waals surface area (Å²) in [6, 6.07) is 14.2. The number of carbonyl (C=O) groups is 1. The van der Waals surface area contributed by atoms with Gasteiger partial charge in [-0.15, -0.1) is 0 Å². The fraction of sp³-hybridized carbons (Fsp3) is 0.0870. The van der Waals surface area contributed by atoms with Crippen LogP contribution in [-0.4, -0.2) is 31.4 Å². The number of carbonyl (C=O) groups excluding carboxylic acids is 1. The number of aromatic nitrogens is 2. The van der Waals surface area contributed by atoms with Crippen molar-refractivity contribution in [2.45, 2.75) is 11.4 Å². The van der Waals surface area contributed by atoms with Gasteiger partial charge in [-0.05, 0) is 48.5 Å². The second-order valence-electron chi connectivity index (χ2n) is 7.12. The van der Waals surface area contributed by atoms with Crippen molar-refractivity contribution in [1.82, 2.24) is 15.3 Å². The van der Waals surface area contributed by atoms with Crippen LogP contribution >= 0.6 is 23.2 Å². The molecule has 0 atom stereocenters. The zero-order valence-electron chi connectivity index (χ0n) is 17.7. The first-order valence-electron chi connectivity index (χ1n) is 9.91. The second kappa shape index (κ2) is 9.84. The van der Waals surface area contributed by atoms with Crippen LogP contribution in [0, 0.1) is 0 Å². The normalized spacial score (nSPS) is 11.3. The van der Waals surface area contributed by atoms with Crippen LogP contribution in [0.3, 0.4) is 0 Å². The molecule has 0 aliphatic carbocycles. The summed E-state index contributed by atoms with van der Waals surface area (Å²) in [4.78, 5) is 21.1. The highest BCUT2D eigenvalue weighted by Crippen LogP contribution is 2.37. The number of hydrogen-bond acceptors (Lipinski definition) is 6. The van der Waals surface area contributed by atoms with E-state index in [0.29, 0.717) is 16.8 Å². The van der Waals surface area contributed by atoms with Crippen molar-refractivity contribution >= 4 is 55.7 Å². The number of amides is 1. The van der Waals surface area contributed by atoms with Gasteiger partial charge in [-0.2, -0.15) is 0 Å². The van der Waals surface area contributed by atoms with Gasteiger partial charge in [-0.3, -0.25) is 19.5 Å². The van der Waals surface area contributed by atoms with E-state index in [1.165, 1.54) is 49.7 Å². The van der Waals surface area contributed by atoms with E-state index in [4.69, 9.17) is 27.9 Å². The van der Waals surface area contributed by atoms with Crippen molar-refractivity contribution in [3.8, 4) is 5.75 Å². The zero-order chi connectivity index (χ0) is 24.3. The number of fused-ring (bicyclic) bond motifs is 1. The lowest BCUT2D eigenvalue weighted by Gasteiger charge is -2.14. The number of sulfonamides is 1. The molecule has 0 aliphatic heterocycles. The van der Waals surface area contributed by atoms with Crippen LogP contribution in [0.2, 0.25) is 10.0 Å². The molecule has 0 bridgehead atoms. The highest BCUT2D eigenvalue weighted by atomic mass is 35.5. The summed E-state index contributed by atoms with van der Waals surface area (Å²) in [7, 11) is -2.50. The molecule has 0 spiro atoms. The molecule has 4 aromatic rings. The lowest BCUT2D eigenvalue weighted by Crippen LogP contribution is -2.23. The predicted molar refractivity (Wildman–Crippen MR) is 131 cm³/mol. The molecule has 8 nitrogen and oxygen atoms in total. The topological polar surface area (TPSA) is 110 Å². The molecule has 0 fully saturated rings. The molecule has 0 saturated heterocycles. The van der Waals surface area contributed by atoms with E-state index in [-0.39, 0.29) is 44.2 Å². The van der Waals surface area contributed by atoms with Gasteiger partial charge in [-0.25, -0.2) is 8.42 Å². The molecule has 4 rings (SSSR count). The summed E-state index contributed by atoms with van der Waals surface area (Å²) < 4.78 is 33.4. The van der Waals surface area contributed by atoms with Crippen LogP contribution in [0.1, 0.15) is 16.1 Å². The van der Waals surface area contributed by atoms with Crippen molar-refractivity contribution in [3.05, 3.63) is 88.3 Å². The van der Waals surface area contributed by atoms with Crippen molar-refractivity contribution < 1.29 is 17.9 Å². The number of ether oxygens (including phenoxy) is 1. The Hall–Kier alpha value is -3.40. The molecule has 0 radical (unpaired) electrons. The van der Waals surface area contributed by atoms with Gasteiger partial charge in [0.2, 0.25) is 0 Å². The molecule has 34 heavy (non-hydrogen) atoms. The monoisotopic (exact) mass is 516 g/mol. The maximum atomic E-state index is 12.9. The Kier molecular flexibility index (Phi) is 6.87. The Morgan fingerprint density at radius 3 is 2.47 bits per heavy atom. The third-order valence-corrected chi connectivity index (χ3v) is 6.88. The van der Waals surface area contributed by atoms with Crippen molar-refractivity contribution in [1.29, 1.82) is 0 Å². The third kappa shape index (κ3) is 5.06. The molecule has 174 valence electrons. The van der Waals surface area contributed by atoms with E-state index in [9.17, 15) is 13.2 Å². The second-order valence-corrected chi connectivity index (χ2v) is 9.62. The van der Waals surface area contributed by atoms with Gasteiger partial charge in [0, 0.05) is 17.8 Å². The Morgan fingerprint density at radius 1 is 1.03 bits per heavy atom. The molecule has 0 aliphatic rings. The SMILES string of the molecule is COc1ccc(S(=O)(=O)Nc2c(Cl)cc(Cl)c3cc(C(=O)NCc4ccccn4)cnc23)cc1. The van der Waals surface area contributed by atoms with Gasteiger partial charge >= 0.3 is 0 Å². The zero-order valence-corrected chi connectivity index (χ0v) is 20.1. The number of anilines is 1. The molecule has 1 amide bonds. The van der Waals surface area contributed by atoms with E-state index in [1.54, 1.807) is 18.3 Å². The summed E-state index contributed by atoms with van der Waals surface area (Å²) >= 11 is 12.7. The fourth-order valence-corrected chi connectivity index (χ4v) is 4.86. The van der Waals surface area contributed by atoms with E-state index in [0.717, 1.165) is 0 Å². The smallest absolute Gasteiger partial charge is 0.262 e. The third-order valence-electron chi connectivity index (χ3n) is 4.90. The number of nitrogens with one attached hydrogen (secondary N) is 2. The molecular formula is C23H18Cl2N4O4S. The van der Waals surface area contributed by atoms with Gasteiger partial charge in [-0.1, -0.05) is 29.3 Å². The fourth-order valence-electron chi connectivity index (χ4n) is 3.17. The van der Waals surface area contributed by atoms with Crippen LogP contribution in [0.25, 0.3) is 10.9 Å². The minimum Gasteiger partial charge on any atom is -0.497 e. The van der Waals surface area contributed by atoms with E-state index < -0.39 is 10.0 Å². The number of nitrogens with zero attached hydrogens (tertiary/aromatic N) is 2. The van der Waals surface area contributed by atoms with Crippen LogP contribution in [-0.2, 0) is 16.6 Å². The predicted octanol–water partition coefficient (Wildman–Crippen LogP) is 4.68. The van der Waals surface area contributed by atoms with Crippen LogP contribution in [0.15, 0.2) is 71.9 Å². The molecule has 0 saturated carbocycles. The number of benzene rings is 2. The Morgan fingerprint density at radius 2 is 1.79 bits per heavy atom. The van der Waals surface area contributed by atoms with Crippen LogP contribution in [0.4, 0.5) is 5.69 Å². The van der Waals surface area contributed by atoms with Crippen LogP contribution < -0.4 is 14.8 Å². The first-order chi connectivity index (χ1) is 16.3. The van der Waals surface area contributed by atoms with Crippen molar-refractivity contribution in [3.63, 3.8) is 0 Å². The number of methoxy groups -OCH3 is 1. The highest BCUT2D eigenvalue weighted by molar-refractivity contribution is 7.92. The lowest BCUT2D eigenvalue weighted by molar-refractivity contribution is 0.0950. The average Bonchev–Trinajstić information content (AvgIpc) is 2.85. The Labute approximate surface area is 206 Å². The minimum absolute atomic E-state index is 0.0120. The molecule has 0 unspecified atom stereocenters. The lowest BCUT2D eigenvalue weighted by atomic mass is 10.1. The summed E-state index contributed by atoms with van der Waals surface area (Å²) in [5, 5.41) is 3.41. The number of pyridine rings is 2. The number of rotatable bonds is 7. The van der Waals surface area contributed by atoms with Crippen molar-refractivity contribution in [2.24, 2.45) is 0 Å². The Bertz CT molecular complexity index is 1460. The maximum absolute atomic E-state index is 12.9. The number of halogens is 2. The highest BCUT2D eigenvalue weighted by Gasteiger charge is 2.21. The molecular weight excluding hydrogens is 499 g/mol. The van der Waals surface area contributed by atoms with Gasteiger partial charge in [0.15, 0.2) is 0 Å². The summed E-state index contributed by atoms with van der Waals surface area (Å²) in [6.45, 7) is 0.235. The summed E-state index contributed by atoms with van der Waals surface area (Å²) in [6.07, 6.45) is 2.96. The summed E-state index contributed by atoms with van der Waals surface area (Å²) in [5.74, 6) is 0.135. The molecule has 2 heterocycles. The molecule has 2 aromatic heterocycles. The average molecular weight is 517 g/mol. The first-order valence-corrected chi connectivity index (χ1v) is 12.1. The van der Waals surface area contributed by atoms with E-state index in [1.807, 2.05) is 6.07 Å². The van der Waals surface area contributed by atoms with Gasteiger partial charge < -0.3 is 10.1 Å². The van der Waals surface area contributed by atoms with Gasteiger partial charge in [0.1, 0.15) is 5.75 Å². The van der Waals surface area contributed by atoms with Crippen LogP contribution in [0.5, 0.6) is 5.75 Å². The first kappa shape index (κ1) is 23.7. The molecule has 2 N–H and O–H groups in total. The number of hydrogen-bond donors (Lipinski definition) is 2. The van der Waals surface area contributed by atoms with Gasteiger partial charge in [0.25, 0.3) is 15.9 Å².